The van der Waals surface area contributed by atoms with Crippen molar-refractivity contribution in [3.05, 3.63) is 35.9 Å². The van der Waals surface area contributed by atoms with Crippen molar-refractivity contribution in [3.63, 3.8) is 0 Å². The first-order chi connectivity index (χ1) is 12.3. The molecule has 1 amide bonds. The number of piperidine rings is 1. The highest BCUT2D eigenvalue weighted by molar-refractivity contribution is 5.76. The van der Waals surface area contributed by atoms with Gasteiger partial charge in [-0.05, 0) is 37.9 Å². The molecular formula is C20H30N2O3. The minimum Gasteiger partial charge on any atom is -0.379 e. The second kappa shape index (κ2) is 9.90. The Morgan fingerprint density at radius 3 is 2.80 bits per heavy atom. The Labute approximate surface area is 150 Å². The third-order valence-corrected chi connectivity index (χ3v) is 5.06. The van der Waals surface area contributed by atoms with Crippen LogP contribution in [-0.2, 0) is 20.9 Å². The summed E-state index contributed by atoms with van der Waals surface area (Å²) in [4.78, 5) is 14.7. The van der Waals surface area contributed by atoms with Crippen molar-refractivity contribution in [2.75, 3.05) is 32.8 Å². The van der Waals surface area contributed by atoms with Gasteiger partial charge in [0.25, 0.3) is 0 Å². The van der Waals surface area contributed by atoms with Gasteiger partial charge in [-0.15, -0.1) is 0 Å². The largest absolute Gasteiger partial charge is 0.379 e. The van der Waals surface area contributed by atoms with Crippen molar-refractivity contribution >= 4 is 5.91 Å². The average Bonchev–Trinajstić information content (AvgIpc) is 2.67. The Hall–Kier alpha value is -1.43. The maximum absolute atomic E-state index is 12.3. The lowest BCUT2D eigenvalue weighted by Crippen LogP contribution is -2.50. The summed E-state index contributed by atoms with van der Waals surface area (Å²) in [5.41, 5.74) is 1.14. The van der Waals surface area contributed by atoms with Crippen LogP contribution in [0.2, 0.25) is 0 Å². The van der Waals surface area contributed by atoms with Crippen LogP contribution in [0.4, 0.5) is 0 Å². The number of carbonyl (C=O) groups excluding carboxylic acids is 1. The molecule has 2 atom stereocenters. The third kappa shape index (κ3) is 6.10. The van der Waals surface area contributed by atoms with Gasteiger partial charge < -0.3 is 19.7 Å². The van der Waals surface area contributed by atoms with E-state index in [1.807, 2.05) is 18.2 Å². The monoisotopic (exact) mass is 346 g/mol. The van der Waals surface area contributed by atoms with Crippen LogP contribution < -0.4 is 5.32 Å². The number of nitrogens with one attached hydrogen (secondary N) is 1. The van der Waals surface area contributed by atoms with Crippen LogP contribution in [0.15, 0.2) is 30.3 Å². The van der Waals surface area contributed by atoms with Gasteiger partial charge in [0.05, 0.1) is 19.3 Å². The molecule has 2 unspecified atom stereocenters. The van der Waals surface area contributed by atoms with Crippen LogP contribution in [-0.4, -0.2) is 55.8 Å². The molecule has 0 bridgehead atoms. The summed E-state index contributed by atoms with van der Waals surface area (Å²) >= 11 is 0. The number of amides is 1. The van der Waals surface area contributed by atoms with Gasteiger partial charge in [0.2, 0.25) is 5.91 Å². The maximum atomic E-state index is 12.3. The van der Waals surface area contributed by atoms with Crippen LogP contribution in [0.25, 0.3) is 0 Å². The molecular weight excluding hydrogens is 316 g/mol. The van der Waals surface area contributed by atoms with E-state index in [2.05, 4.69) is 22.3 Å². The fraction of sp³-hybridized carbons (Fsp3) is 0.650. The molecule has 0 aromatic heterocycles. The molecule has 3 rings (SSSR count). The summed E-state index contributed by atoms with van der Waals surface area (Å²) in [5.74, 6) is 0.130. The van der Waals surface area contributed by atoms with E-state index < -0.39 is 0 Å². The summed E-state index contributed by atoms with van der Waals surface area (Å²) in [5, 5.41) is 3.17. The number of hydrogen-bond donors (Lipinski definition) is 1. The number of benzene rings is 1. The molecule has 2 fully saturated rings. The molecule has 0 radical (unpaired) electrons. The lowest BCUT2D eigenvalue weighted by atomic mass is 10.1. The fourth-order valence-electron chi connectivity index (χ4n) is 3.54. The molecule has 5 nitrogen and oxygen atoms in total. The molecule has 1 N–H and O–H groups in total. The van der Waals surface area contributed by atoms with E-state index in [9.17, 15) is 4.79 Å². The van der Waals surface area contributed by atoms with Crippen LogP contribution in [0.3, 0.4) is 0 Å². The average molecular weight is 346 g/mol. The molecule has 138 valence electrons. The first-order valence-corrected chi connectivity index (χ1v) is 9.56. The number of likely N-dealkylation sites (tertiary alicyclic amines) is 1. The fourth-order valence-corrected chi connectivity index (χ4v) is 3.54. The maximum Gasteiger partial charge on any atom is 0.221 e. The van der Waals surface area contributed by atoms with E-state index >= 15 is 0 Å². The van der Waals surface area contributed by atoms with E-state index in [-0.39, 0.29) is 18.1 Å². The van der Waals surface area contributed by atoms with E-state index in [1.54, 1.807) is 0 Å². The third-order valence-electron chi connectivity index (χ3n) is 5.06. The van der Waals surface area contributed by atoms with Crippen molar-refractivity contribution in [2.24, 2.45) is 0 Å². The Kier molecular flexibility index (Phi) is 7.27. The second-order valence-corrected chi connectivity index (χ2v) is 7.02. The Morgan fingerprint density at radius 1 is 1.20 bits per heavy atom. The summed E-state index contributed by atoms with van der Waals surface area (Å²) in [6.07, 6.45) is 5.16. The Balaban J connectivity index is 1.42. The van der Waals surface area contributed by atoms with Gasteiger partial charge in [0, 0.05) is 19.6 Å². The predicted octanol–water partition coefficient (Wildman–Crippen LogP) is 2.35. The van der Waals surface area contributed by atoms with Gasteiger partial charge in [-0.1, -0.05) is 36.8 Å². The normalized spacial score (nSPS) is 24.8. The van der Waals surface area contributed by atoms with Crippen LogP contribution in [0.5, 0.6) is 0 Å². The molecule has 2 saturated heterocycles. The summed E-state index contributed by atoms with van der Waals surface area (Å²) in [7, 11) is 0. The summed E-state index contributed by atoms with van der Waals surface area (Å²) in [6.45, 7) is 4.91. The molecule has 25 heavy (non-hydrogen) atoms. The van der Waals surface area contributed by atoms with Gasteiger partial charge in [-0.25, -0.2) is 0 Å². The van der Waals surface area contributed by atoms with Gasteiger partial charge in [0.15, 0.2) is 0 Å². The summed E-state index contributed by atoms with van der Waals surface area (Å²) < 4.78 is 11.6. The first-order valence-electron chi connectivity index (χ1n) is 9.56. The standard InChI is InChI=1S/C20H30N2O3/c23-20(9-13-22-11-5-2-6-12-22)21-18-10-14-24-16-19(18)25-15-17-7-3-1-4-8-17/h1,3-4,7-8,18-19H,2,5-6,9-16H2,(H,21,23). The van der Waals surface area contributed by atoms with Crippen molar-refractivity contribution in [1.82, 2.24) is 10.2 Å². The van der Waals surface area contributed by atoms with Crippen molar-refractivity contribution in [1.29, 1.82) is 0 Å². The zero-order valence-electron chi connectivity index (χ0n) is 15.0. The molecule has 5 heteroatoms. The SMILES string of the molecule is O=C(CCN1CCCCC1)NC1CCOCC1OCc1ccccc1. The molecule has 2 aliphatic heterocycles. The van der Waals surface area contributed by atoms with E-state index in [0.717, 1.165) is 31.6 Å². The highest BCUT2D eigenvalue weighted by Gasteiger charge is 2.28. The molecule has 0 saturated carbocycles. The van der Waals surface area contributed by atoms with Crippen LogP contribution in [0, 0.1) is 0 Å². The second-order valence-electron chi connectivity index (χ2n) is 7.02. The van der Waals surface area contributed by atoms with Gasteiger partial charge >= 0.3 is 0 Å². The lowest BCUT2D eigenvalue weighted by Gasteiger charge is -2.32. The van der Waals surface area contributed by atoms with E-state index in [1.165, 1.54) is 19.3 Å². The molecule has 1 aromatic carbocycles. The minimum absolute atomic E-state index is 0.0475. The lowest BCUT2D eigenvalue weighted by molar-refractivity contribution is -0.127. The summed E-state index contributed by atoms with van der Waals surface area (Å²) in [6, 6.07) is 10.2. The molecule has 0 aliphatic carbocycles. The predicted molar refractivity (Wildman–Crippen MR) is 97.3 cm³/mol. The number of carbonyl (C=O) groups is 1. The number of nitrogens with zero attached hydrogens (tertiary/aromatic N) is 1. The van der Waals surface area contributed by atoms with E-state index in [4.69, 9.17) is 9.47 Å². The van der Waals surface area contributed by atoms with Gasteiger partial charge in [0.1, 0.15) is 6.10 Å². The zero-order chi connectivity index (χ0) is 17.3. The molecule has 2 aliphatic rings. The highest BCUT2D eigenvalue weighted by atomic mass is 16.5. The highest BCUT2D eigenvalue weighted by Crippen LogP contribution is 2.15. The van der Waals surface area contributed by atoms with Crippen molar-refractivity contribution < 1.29 is 14.3 Å². The topological polar surface area (TPSA) is 50.8 Å². The number of rotatable bonds is 7. The molecule has 2 heterocycles. The van der Waals surface area contributed by atoms with Crippen molar-refractivity contribution in [3.8, 4) is 0 Å². The Bertz CT molecular complexity index is 517. The first kappa shape index (κ1) is 18.4. The molecule has 0 spiro atoms. The minimum atomic E-state index is -0.0760. The van der Waals surface area contributed by atoms with Gasteiger partial charge in [-0.2, -0.15) is 0 Å². The van der Waals surface area contributed by atoms with Crippen LogP contribution >= 0.6 is 0 Å². The Morgan fingerprint density at radius 2 is 2.00 bits per heavy atom. The van der Waals surface area contributed by atoms with E-state index in [0.29, 0.717) is 26.2 Å². The molecule has 1 aromatic rings. The number of ether oxygens (including phenoxy) is 2. The van der Waals surface area contributed by atoms with Gasteiger partial charge in [-0.3, -0.25) is 4.79 Å². The van der Waals surface area contributed by atoms with Crippen molar-refractivity contribution in [2.45, 2.75) is 50.9 Å². The quantitative estimate of drug-likeness (QED) is 0.823. The number of hydrogen-bond acceptors (Lipinski definition) is 4. The van der Waals surface area contributed by atoms with Crippen LogP contribution in [0.1, 0.15) is 37.7 Å². The zero-order valence-corrected chi connectivity index (χ0v) is 15.0. The smallest absolute Gasteiger partial charge is 0.221 e.